The maximum absolute atomic E-state index is 14.0. The Morgan fingerprint density at radius 2 is 1.93 bits per heavy atom. The number of rotatable bonds is 9. The van der Waals surface area contributed by atoms with E-state index in [4.69, 9.17) is 9.47 Å². The van der Waals surface area contributed by atoms with Crippen LogP contribution < -0.4 is 9.47 Å². The van der Waals surface area contributed by atoms with E-state index in [0.717, 1.165) is 16.5 Å². The normalized spacial score (nSPS) is 10.4. The number of halogens is 1. The van der Waals surface area contributed by atoms with Gasteiger partial charge in [-0.25, -0.2) is 9.37 Å². The summed E-state index contributed by atoms with van der Waals surface area (Å²) in [5, 5.41) is 2.66. The van der Waals surface area contributed by atoms with Gasteiger partial charge >= 0.3 is 0 Å². The van der Waals surface area contributed by atoms with Crippen LogP contribution in [0.25, 0.3) is 0 Å². The lowest BCUT2D eigenvalue weighted by Gasteiger charge is -2.20. The number of ether oxygens (including phenoxy) is 2. The van der Waals surface area contributed by atoms with Crippen LogP contribution >= 0.6 is 11.3 Å². The van der Waals surface area contributed by atoms with Crippen molar-refractivity contribution >= 4 is 17.2 Å². The van der Waals surface area contributed by atoms with Gasteiger partial charge in [0, 0.05) is 11.9 Å². The number of thiazole rings is 1. The molecule has 0 aliphatic carbocycles. The summed E-state index contributed by atoms with van der Waals surface area (Å²) < 4.78 is 24.8. The molecular formula is C22H21FN2O3S. The van der Waals surface area contributed by atoms with Gasteiger partial charge in [0.25, 0.3) is 5.91 Å². The SMILES string of the molecule is C=CCN(Cc1csc(COc2ccc(OC)cc2)n1)C(=O)c1ccccc1F. The maximum Gasteiger partial charge on any atom is 0.257 e. The first-order valence-corrected chi connectivity index (χ1v) is 9.83. The molecule has 0 saturated carbocycles. The maximum atomic E-state index is 14.0. The Balaban J connectivity index is 1.64. The van der Waals surface area contributed by atoms with E-state index in [1.165, 1.54) is 28.4 Å². The Labute approximate surface area is 173 Å². The van der Waals surface area contributed by atoms with E-state index in [1.54, 1.807) is 25.3 Å². The Kier molecular flexibility index (Phi) is 6.97. The Hall–Kier alpha value is -3.19. The summed E-state index contributed by atoms with van der Waals surface area (Å²) in [5.41, 5.74) is 0.752. The van der Waals surface area contributed by atoms with E-state index >= 15 is 0 Å². The van der Waals surface area contributed by atoms with Gasteiger partial charge in [0.2, 0.25) is 0 Å². The number of carbonyl (C=O) groups excluding carboxylic acids is 1. The fourth-order valence-electron chi connectivity index (χ4n) is 2.68. The molecule has 150 valence electrons. The molecule has 3 rings (SSSR count). The van der Waals surface area contributed by atoms with Gasteiger partial charge in [-0.3, -0.25) is 4.79 Å². The highest BCUT2D eigenvalue weighted by Gasteiger charge is 2.19. The molecule has 5 nitrogen and oxygen atoms in total. The first-order chi connectivity index (χ1) is 14.1. The number of aromatic nitrogens is 1. The highest BCUT2D eigenvalue weighted by atomic mass is 32.1. The van der Waals surface area contributed by atoms with Crippen LogP contribution in [0, 0.1) is 5.82 Å². The van der Waals surface area contributed by atoms with E-state index in [9.17, 15) is 9.18 Å². The molecule has 0 saturated heterocycles. The zero-order valence-electron chi connectivity index (χ0n) is 16.0. The van der Waals surface area contributed by atoms with E-state index in [0.29, 0.717) is 18.9 Å². The third-order valence-electron chi connectivity index (χ3n) is 4.11. The predicted octanol–water partition coefficient (Wildman–Crippen LogP) is 4.70. The molecule has 0 unspecified atom stereocenters. The lowest BCUT2D eigenvalue weighted by molar-refractivity contribution is 0.0756. The Morgan fingerprint density at radius 1 is 1.21 bits per heavy atom. The van der Waals surface area contributed by atoms with E-state index in [-0.39, 0.29) is 12.1 Å². The quantitative estimate of drug-likeness (QED) is 0.478. The van der Waals surface area contributed by atoms with Crippen molar-refractivity contribution in [3.05, 3.63) is 88.6 Å². The summed E-state index contributed by atoms with van der Waals surface area (Å²) in [6, 6.07) is 13.2. The van der Waals surface area contributed by atoms with Crippen molar-refractivity contribution in [2.75, 3.05) is 13.7 Å². The monoisotopic (exact) mass is 412 g/mol. The van der Waals surface area contributed by atoms with E-state index in [1.807, 2.05) is 29.6 Å². The predicted molar refractivity (Wildman–Crippen MR) is 111 cm³/mol. The van der Waals surface area contributed by atoms with Crippen molar-refractivity contribution < 1.29 is 18.7 Å². The number of carbonyl (C=O) groups is 1. The molecule has 1 heterocycles. The molecule has 0 fully saturated rings. The van der Waals surface area contributed by atoms with Crippen molar-refractivity contribution in [3.63, 3.8) is 0 Å². The summed E-state index contributed by atoms with van der Waals surface area (Å²) in [4.78, 5) is 18.7. The Morgan fingerprint density at radius 3 is 2.62 bits per heavy atom. The van der Waals surface area contributed by atoms with Crippen molar-refractivity contribution in [1.29, 1.82) is 0 Å². The first-order valence-electron chi connectivity index (χ1n) is 8.95. The standard InChI is InChI=1S/C22H21FN2O3S/c1-3-12-25(22(26)19-6-4-5-7-20(19)23)13-16-15-29-21(24-16)14-28-18-10-8-17(27-2)9-11-18/h3-11,15H,1,12-14H2,2H3. The molecule has 29 heavy (non-hydrogen) atoms. The first kappa shape index (κ1) is 20.5. The van der Waals surface area contributed by atoms with Gasteiger partial charge in [-0.15, -0.1) is 17.9 Å². The molecule has 2 aromatic carbocycles. The lowest BCUT2D eigenvalue weighted by atomic mass is 10.2. The van der Waals surface area contributed by atoms with Crippen LogP contribution in [0.5, 0.6) is 11.5 Å². The van der Waals surface area contributed by atoms with Gasteiger partial charge in [0.05, 0.1) is 24.9 Å². The van der Waals surface area contributed by atoms with E-state index < -0.39 is 11.7 Å². The van der Waals surface area contributed by atoms with Gasteiger partial charge in [-0.2, -0.15) is 0 Å². The fraction of sp³-hybridized carbons (Fsp3) is 0.182. The molecule has 0 aliphatic heterocycles. The molecule has 7 heteroatoms. The molecule has 0 radical (unpaired) electrons. The molecular weight excluding hydrogens is 391 g/mol. The summed E-state index contributed by atoms with van der Waals surface area (Å²) in [6.07, 6.45) is 1.61. The fourth-order valence-corrected chi connectivity index (χ4v) is 3.38. The molecule has 3 aromatic rings. The lowest BCUT2D eigenvalue weighted by Crippen LogP contribution is -2.31. The summed E-state index contributed by atoms with van der Waals surface area (Å²) in [5.74, 6) is 0.534. The molecule has 0 atom stereocenters. The van der Waals surface area contributed by atoms with Crippen LogP contribution in [0.1, 0.15) is 21.1 Å². The number of benzene rings is 2. The number of nitrogens with zero attached hydrogens (tertiary/aromatic N) is 2. The van der Waals surface area contributed by atoms with Gasteiger partial charge in [-0.05, 0) is 36.4 Å². The highest BCUT2D eigenvalue weighted by molar-refractivity contribution is 7.09. The van der Waals surface area contributed by atoms with Crippen molar-refractivity contribution in [3.8, 4) is 11.5 Å². The van der Waals surface area contributed by atoms with Crippen molar-refractivity contribution in [2.24, 2.45) is 0 Å². The van der Waals surface area contributed by atoms with Gasteiger partial charge < -0.3 is 14.4 Å². The van der Waals surface area contributed by atoms with Crippen LogP contribution in [0.2, 0.25) is 0 Å². The Bertz CT molecular complexity index is 972. The van der Waals surface area contributed by atoms with Crippen LogP contribution in [-0.2, 0) is 13.2 Å². The third-order valence-corrected chi connectivity index (χ3v) is 4.99. The molecule has 0 N–H and O–H groups in total. The van der Waals surface area contributed by atoms with Crippen LogP contribution in [0.4, 0.5) is 4.39 Å². The summed E-state index contributed by atoms with van der Waals surface area (Å²) in [7, 11) is 1.61. The van der Waals surface area contributed by atoms with Crippen LogP contribution in [0.15, 0.2) is 66.6 Å². The minimum atomic E-state index is -0.543. The zero-order chi connectivity index (χ0) is 20.6. The average Bonchev–Trinajstić information content (AvgIpc) is 3.19. The van der Waals surface area contributed by atoms with Gasteiger partial charge in [0.15, 0.2) is 0 Å². The number of hydrogen-bond acceptors (Lipinski definition) is 5. The van der Waals surface area contributed by atoms with Gasteiger partial charge in [-0.1, -0.05) is 18.2 Å². The summed E-state index contributed by atoms with van der Waals surface area (Å²) in [6.45, 7) is 4.56. The van der Waals surface area contributed by atoms with Crippen molar-refractivity contribution in [2.45, 2.75) is 13.2 Å². The topological polar surface area (TPSA) is 51.7 Å². The second-order valence-corrected chi connectivity index (χ2v) is 7.09. The largest absolute Gasteiger partial charge is 0.497 e. The minimum absolute atomic E-state index is 0.0349. The second kappa shape index (κ2) is 9.84. The third kappa shape index (κ3) is 5.42. The minimum Gasteiger partial charge on any atom is -0.497 e. The smallest absolute Gasteiger partial charge is 0.257 e. The second-order valence-electron chi connectivity index (χ2n) is 6.15. The van der Waals surface area contributed by atoms with E-state index in [2.05, 4.69) is 11.6 Å². The van der Waals surface area contributed by atoms with Gasteiger partial charge in [0.1, 0.15) is 28.9 Å². The molecule has 0 bridgehead atoms. The molecule has 1 aromatic heterocycles. The van der Waals surface area contributed by atoms with Crippen LogP contribution in [-0.4, -0.2) is 29.4 Å². The summed E-state index contributed by atoms with van der Waals surface area (Å²) >= 11 is 1.45. The molecule has 0 spiro atoms. The van der Waals surface area contributed by atoms with Crippen LogP contribution in [0.3, 0.4) is 0 Å². The molecule has 1 amide bonds. The van der Waals surface area contributed by atoms with Crippen molar-refractivity contribution in [1.82, 2.24) is 9.88 Å². The number of hydrogen-bond donors (Lipinski definition) is 0. The zero-order valence-corrected chi connectivity index (χ0v) is 16.8. The number of methoxy groups -OCH3 is 1. The molecule has 0 aliphatic rings. The average molecular weight is 412 g/mol. The highest BCUT2D eigenvalue weighted by Crippen LogP contribution is 2.20. The number of amides is 1.